The fraction of sp³-hybridized carbons (Fsp3) is 1.00. The lowest BCUT2D eigenvalue weighted by Crippen LogP contribution is -2.49. The quantitative estimate of drug-likeness (QED) is 0.655. The standard InChI is InChI=1S/C9H20O2/c1-6(2)9(11,7(3)4)8(5)10/h6-8,10-11H,1-5H3. The van der Waals surface area contributed by atoms with Crippen molar-refractivity contribution in [2.45, 2.75) is 46.3 Å². The third kappa shape index (κ3) is 1.94. The second kappa shape index (κ2) is 3.55. The van der Waals surface area contributed by atoms with Crippen molar-refractivity contribution in [3.8, 4) is 0 Å². The second-order valence-corrected chi connectivity index (χ2v) is 3.87. The molecule has 0 aliphatic carbocycles. The van der Waals surface area contributed by atoms with Crippen LogP contribution in [0.3, 0.4) is 0 Å². The molecule has 0 aromatic rings. The van der Waals surface area contributed by atoms with Crippen LogP contribution >= 0.6 is 0 Å². The van der Waals surface area contributed by atoms with Crippen LogP contribution in [0, 0.1) is 11.8 Å². The van der Waals surface area contributed by atoms with Crippen LogP contribution in [0.2, 0.25) is 0 Å². The van der Waals surface area contributed by atoms with Gasteiger partial charge < -0.3 is 10.2 Å². The summed E-state index contributed by atoms with van der Waals surface area (Å²) in [6, 6.07) is 0. The topological polar surface area (TPSA) is 40.5 Å². The summed E-state index contributed by atoms with van der Waals surface area (Å²) in [5, 5.41) is 19.4. The summed E-state index contributed by atoms with van der Waals surface area (Å²) in [5.74, 6) is 0.171. The first-order valence-electron chi connectivity index (χ1n) is 4.23. The molecule has 11 heavy (non-hydrogen) atoms. The van der Waals surface area contributed by atoms with Gasteiger partial charge in [0.1, 0.15) is 0 Å². The Morgan fingerprint density at radius 1 is 0.909 bits per heavy atom. The van der Waals surface area contributed by atoms with Crippen LogP contribution in [0.15, 0.2) is 0 Å². The van der Waals surface area contributed by atoms with E-state index < -0.39 is 11.7 Å². The molecule has 0 bridgehead atoms. The summed E-state index contributed by atoms with van der Waals surface area (Å²) in [6.07, 6.45) is -0.664. The molecule has 0 aliphatic heterocycles. The van der Waals surface area contributed by atoms with Crippen molar-refractivity contribution in [3.05, 3.63) is 0 Å². The molecule has 0 rings (SSSR count). The van der Waals surface area contributed by atoms with Gasteiger partial charge in [0.05, 0.1) is 11.7 Å². The Bertz CT molecular complexity index is 95.0. The minimum absolute atomic E-state index is 0.0856. The van der Waals surface area contributed by atoms with Gasteiger partial charge in [-0.25, -0.2) is 0 Å². The highest BCUT2D eigenvalue weighted by Crippen LogP contribution is 2.29. The van der Waals surface area contributed by atoms with E-state index in [-0.39, 0.29) is 11.8 Å². The van der Waals surface area contributed by atoms with Gasteiger partial charge in [-0.05, 0) is 18.8 Å². The monoisotopic (exact) mass is 160 g/mol. The van der Waals surface area contributed by atoms with Crippen LogP contribution in [0.4, 0.5) is 0 Å². The van der Waals surface area contributed by atoms with E-state index in [1.54, 1.807) is 6.92 Å². The number of aliphatic hydroxyl groups is 2. The minimum atomic E-state index is -0.944. The van der Waals surface area contributed by atoms with Crippen LogP contribution < -0.4 is 0 Å². The largest absolute Gasteiger partial charge is 0.390 e. The molecule has 2 nitrogen and oxygen atoms in total. The highest BCUT2D eigenvalue weighted by molar-refractivity contribution is 4.89. The van der Waals surface area contributed by atoms with Crippen molar-refractivity contribution >= 4 is 0 Å². The minimum Gasteiger partial charge on any atom is -0.390 e. The highest BCUT2D eigenvalue weighted by atomic mass is 16.3. The molecule has 0 fully saturated rings. The van der Waals surface area contributed by atoms with Crippen LogP contribution in [-0.4, -0.2) is 21.9 Å². The maximum Gasteiger partial charge on any atom is 0.0948 e. The summed E-state index contributed by atoms with van der Waals surface area (Å²) in [4.78, 5) is 0. The van der Waals surface area contributed by atoms with Gasteiger partial charge in [-0.2, -0.15) is 0 Å². The fourth-order valence-electron chi connectivity index (χ4n) is 1.63. The number of hydrogen-bond acceptors (Lipinski definition) is 2. The van der Waals surface area contributed by atoms with Crippen LogP contribution in [-0.2, 0) is 0 Å². The van der Waals surface area contributed by atoms with Crippen molar-refractivity contribution in [3.63, 3.8) is 0 Å². The van der Waals surface area contributed by atoms with Gasteiger partial charge in [-0.1, -0.05) is 27.7 Å². The molecular formula is C9H20O2. The molecular weight excluding hydrogens is 140 g/mol. The van der Waals surface area contributed by atoms with Crippen molar-refractivity contribution in [2.24, 2.45) is 11.8 Å². The Morgan fingerprint density at radius 2 is 1.18 bits per heavy atom. The van der Waals surface area contributed by atoms with Crippen LogP contribution in [0.5, 0.6) is 0 Å². The maximum atomic E-state index is 9.99. The van der Waals surface area contributed by atoms with Crippen molar-refractivity contribution in [1.82, 2.24) is 0 Å². The molecule has 0 spiro atoms. The molecule has 0 saturated carbocycles. The van der Waals surface area contributed by atoms with Gasteiger partial charge >= 0.3 is 0 Å². The van der Waals surface area contributed by atoms with Crippen LogP contribution in [0.25, 0.3) is 0 Å². The molecule has 68 valence electrons. The molecule has 0 heterocycles. The Labute approximate surface area is 69.2 Å². The lowest BCUT2D eigenvalue weighted by atomic mass is 9.77. The normalized spacial score (nSPS) is 16.1. The van der Waals surface area contributed by atoms with Gasteiger partial charge in [0.25, 0.3) is 0 Å². The molecule has 0 aromatic carbocycles. The summed E-state index contributed by atoms with van der Waals surface area (Å²) >= 11 is 0. The summed E-state index contributed by atoms with van der Waals surface area (Å²) < 4.78 is 0. The molecule has 0 radical (unpaired) electrons. The summed E-state index contributed by atoms with van der Waals surface area (Å²) in [5.41, 5.74) is -0.944. The maximum absolute atomic E-state index is 9.99. The Kier molecular flexibility index (Phi) is 3.52. The van der Waals surface area contributed by atoms with Gasteiger partial charge in [-0.15, -0.1) is 0 Å². The van der Waals surface area contributed by atoms with E-state index in [0.717, 1.165) is 0 Å². The summed E-state index contributed by atoms with van der Waals surface area (Å²) in [7, 11) is 0. The Hall–Kier alpha value is -0.0800. The number of aliphatic hydroxyl groups excluding tert-OH is 1. The predicted octanol–water partition coefficient (Wildman–Crippen LogP) is 1.41. The van der Waals surface area contributed by atoms with E-state index in [2.05, 4.69) is 0 Å². The Morgan fingerprint density at radius 3 is 1.18 bits per heavy atom. The zero-order chi connectivity index (χ0) is 9.23. The zero-order valence-corrected chi connectivity index (χ0v) is 8.13. The van der Waals surface area contributed by atoms with E-state index in [9.17, 15) is 10.2 Å². The van der Waals surface area contributed by atoms with E-state index in [1.165, 1.54) is 0 Å². The molecule has 2 heteroatoms. The van der Waals surface area contributed by atoms with Crippen LogP contribution in [0.1, 0.15) is 34.6 Å². The molecule has 1 atom stereocenters. The summed E-state index contributed by atoms with van der Waals surface area (Å²) in [6.45, 7) is 9.33. The SMILES string of the molecule is CC(C)C(O)(C(C)C)C(C)O. The second-order valence-electron chi connectivity index (χ2n) is 3.87. The molecule has 0 aliphatic rings. The first kappa shape index (κ1) is 10.9. The lowest BCUT2D eigenvalue weighted by Gasteiger charge is -2.38. The van der Waals surface area contributed by atoms with Gasteiger partial charge in [0.2, 0.25) is 0 Å². The van der Waals surface area contributed by atoms with Gasteiger partial charge in [-0.3, -0.25) is 0 Å². The van der Waals surface area contributed by atoms with Crippen molar-refractivity contribution in [2.75, 3.05) is 0 Å². The van der Waals surface area contributed by atoms with E-state index >= 15 is 0 Å². The molecule has 1 unspecified atom stereocenters. The first-order chi connectivity index (χ1) is 4.83. The van der Waals surface area contributed by atoms with Gasteiger partial charge in [0, 0.05) is 0 Å². The highest BCUT2D eigenvalue weighted by Gasteiger charge is 2.39. The molecule has 0 aromatic heterocycles. The number of hydrogen-bond donors (Lipinski definition) is 2. The average Bonchev–Trinajstić information content (AvgIpc) is 1.84. The fourth-order valence-corrected chi connectivity index (χ4v) is 1.63. The molecule has 0 saturated heterocycles. The predicted molar refractivity (Wildman–Crippen MR) is 46.3 cm³/mol. The molecule has 2 N–H and O–H groups in total. The zero-order valence-electron chi connectivity index (χ0n) is 8.13. The lowest BCUT2D eigenvalue weighted by molar-refractivity contribution is -0.128. The van der Waals surface area contributed by atoms with E-state index in [4.69, 9.17) is 0 Å². The van der Waals surface area contributed by atoms with E-state index in [0.29, 0.717) is 0 Å². The first-order valence-corrected chi connectivity index (χ1v) is 4.23. The molecule has 0 amide bonds. The van der Waals surface area contributed by atoms with E-state index in [1.807, 2.05) is 27.7 Å². The van der Waals surface area contributed by atoms with Gasteiger partial charge in [0.15, 0.2) is 0 Å². The van der Waals surface area contributed by atoms with Crippen molar-refractivity contribution in [1.29, 1.82) is 0 Å². The third-order valence-corrected chi connectivity index (χ3v) is 2.52. The number of rotatable bonds is 3. The average molecular weight is 160 g/mol. The van der Waals surface area contributed by atoms with Crippen molar-refractivity contribution < 1.29 is 10.2 Å². The Balaban J connectivity index is 4.53. The smallest absolute Gasteiger partial charge is 0.0948 e. The third-order valence-electron chi connectivity index (χ3n) is 2.52.